The van der Waals surface area contributed by atoms with E-state index in [1.807, 2.05) is 20.8 Å². The molecule has 1 fully saturated rings. The smallest absolute Gasteiger partial charge is 0.285 e. The number of benzene rings is 1. The van der Waals surface area contributed by atoms with Crippen LogP contribution in [0.25, 0.3) is 28.1 Å². The lowest BCUT2D eigenvalue weighted by atomic mass is 10.1. The molecule has 1 aliphatic rings. The van der Waals surface area contributed by atoms with Gasteiger partial charge >= 0.3 is 0 Å². The maximum atomic E-state index is 15.4. The summed E-state index contributed by atoms with van der Waals surface area (Å²) in [6, 6.07) is 9.10. The van der Waals surface area contributed by atoms with Gasteiger partial charge in [0.2, 0.25) is 0 Å². The van der Waals surface area contributed by atoms with Gasteiger partial charge in [0.15, 0.2) is 11.5 Å². The Balaban J connectivity index is 1.35. The number of carbonyl (C=O) groups is 1. The number of aryl methyl sites for hydroxylation is 1. The molecule has 0 unspecified atom stereocenters. The number of fused-ring (bicyclic) bond motifs is 1. The van der Waals surface area contributed by atoms with Crippen LogP contribution in [0.2, 0.25) is 0 Å². The standard InChI is InChI=1S/C28H26FN9O3/c1-14(2)21-9-18(28(40)38(35-21)22-7-4-15(3)10-31-22)27(39)34-20-6-5-16(8-19(20)29)24-23-25(30)32-13-33-26(23)37(36-24)17-11-41-12-17/h4-10,13-14,17H,11-12H2,1-3H3,(H,34,39)(H2,30,32,33). The molecule has 1 aliphatic heterocycles. The first-order chi connectivity index (χ1) is 19.7. The van der Waals surface area contributed by atoms with E-state index in [4.69, 9.17) is 10.5 Å². The van der Waals surface area contributed by atoms with E-state index < -0.39 is 17.3 Å². The number of aromatic nitrogens is 7. The molecule has 0 bridgehead atoms. The van der Waals surface area contributed by atoms with E-state index in [9.17, 15) is 9.59 Å². The van der Waals surface area contributed by atoms with E-state index in [-0.39, 0.29) is 34.8 Å². The fourth-order valence-electron chi connectivity index (χ4n) is 4.47. The number of hydrogen-bond acceptors (Lipinski definition) is 9. The van der Waals surface area contributed by atoms with Gasteiger partial charge in [-0.25, -0.2) is 24.0 Å². The number of hydrogen-bond donors (Lipinski definition) is 2. The lowest BCUT2D eigenvalue weighted by Crippen LogP contribution is -2.31. The normalized spacial score (nSPS) is 13.5. The van der Waals surface area contributed by atoms with Crippen molar-refractivity contribution in [3.05, 3.63) is 81.9 Å². The summed E-state index contributed by atoms with van der Waals surface area (Å²) >= 11 is 0. The Morgan fingerprint density at radius 1 is 1.12 bits per heavy atom. The second-order valence-electron chi connectivity index (χ2n) is 10.1. The number of rotatable bonds is 6. The molecule has 0 radical (unpaired) electrons. The predicted octanol–water partition coefficient (Wildman–Crippen LogP) is 3.41. The number of ether oxygens (including phenoxy) is 1. The molecule has 0 atom stereocenters. The molecule has 3 N–H and O–H groups in total. The first-order valence-electron chi connectivity index (χ1n) is 13.0. The van der Waals surface area contributed by atoms with Gasteiger partial charge in [-0.15, -0.1) is 0 Å². The summed E-state index contributed by atoms with van der Waals surface area (Å²) in [6.07, 6.45) is 2.96. The highest BCUT2D eigenvalue weighted by atomic mass is 19.1. The van der Waals surface area contributed by atoms with Crippen LogP contribution in [0, 0.1) is 12.7 Å². The monoisotopic (exact) mass is 555 g/mol. The number of pyridine rings is 1. The zero-order valence-electron chi connectivity index (χ0n) is 22.5. The molecule has 13 heteroatoms. The Labute approximate surface area is 233 Å². The van der Waals surface area contributed by atoms with Crippen LogP contribution < -0.4 is 16.6 Å². The van der Waals surface area contributed by atoms with E-state index in [0.717, 1.165) is 10.2 Å². The molecule has 1 aromatic carbocycles. The minimum absolute atomic E-state index is 0.0146. The lowest BCUT2D eigenvalue weighted by Gasteiger charge is -2.26. The second kappa shape index (κ2) is 10.2. The number of nitrogens with two attached hydrogens (primary N) is 1. The predicted molar refractivity (Wildman–Crippen MR) is 149 cm³/mol. The number of halogens is 1. The Kier molecular flexibility index (Phi) is 6.50. The van der Waals surface area contributed by atoms with Crippen LogP contribution in [0.15, 0.2) is 53.7 Å². The first-order valence-corrected chi connectivity index (χ1v) is 13.0. The Morgan fingerprint density at radius 3 is 2.59 bits per heavy atom. The number of anilines is 2. The molecule has 0 aliphatic carbocycles. The quantitative estimate of drug-likeness (QED) is 0.321. The van der Waals surface area contributed by atoms with Gasteiger partial charge < -0.3 is 15.8 Å². The van der Waals surface area contributed by atoms with Crippen LogP contribution in [0.3, 0.4) is 0 Å². The van der Waals surface area contributed by atoms with Gasteiger partial charge in [-0.1, -0.05) is 26.0 Å². The summed E-state index contributed by atoms with van der Waals surface area (Å²) in [5.41, 5.74) is 7.94. The van der Waals surface area contributed by atoms with E-state index >= 15 is 4.39 Å². The molecule has 208 valence electrons. The van der Waals surface area contributed by atoms with E-state index in [2.05, 4.69) is 30.5 Å². The third kappa shape index (κ3) is 4.69. The van der Waals surface area contributed by atoms with Crippen molar-refractivity contribution in [3.8, 4) is 17.1 Å². The third-order valence-electron chi connectivity index (χ3n) is 6.85. The van der Waals surface area contributed by atoms with Crippen LogP contribution in [0.5, 0.6) is 0 Å². The number of nitrogens with one attached hydrogen (secondary N) is 1. The zero-order valence-corrected chi connectivity index (χ0v) is 22.5. The van der Waals surface area contributed by atoms with Gasteiger partial charge in [-0.3, -0.25) is 9.59 Å². The van der Waals surface area contributed by atoms with Gasteiger partial charge in [0, 0.05) is 11.8 Å². The first kappa shape index (κ1) is 26.2. The Bertz CT molecular complexity index is 1860. The number of amides is 1. The largest absolute Gasteiger partial charge is 0.383 e. The molecule has 12 nitrogen and oxygen atoms in total. The van der Waals surface area contributed by atoms with Crippen LogP contribution in [0.4, 0.5) is 15.9 Å². The van der Waals surface area contributed by atoms with Crippen LogP contribution in [-0.2, 0) is 4.74 Å². The van der Waals surface area contributed by atoms with Crippen molar-refractivity contribution in [1.82, 2.24) is 34.5 Å². The van der Waals surface area contributed by atoms with Gasteiger partial charge in [-0.2, -0.15) is 14.9 Å². The zero-order chi connectivity index (χ0) is 28.8. The van der Waals surface area contributed by atoms with E-state index in [0.29, 0.717) is 41.2 Å². The van der Waals surface area contributed by atoms with E-state index in [1.54, 1.807) is 29.1 Å². The molecule has 5 heterocycles. The Morgan fingerprint density at radius 2 is 1.93 bits per heavy atom. The number of nitrogens with zero attached hydrogens (tertiary/aromatic N) is 7. The summed E-state index contributed by atoms with van der Waals surface area (Å²) in [5, 5.41) is 12.1. The third-order valence-corrected chi connectivity index (χ3v) is 6.85. The fraction of sp³-hybridized carbons (Fsp3) is 0.250. The minimum atomic E-state index is -0.774. The Hall–Kier alpha value is -5.04. The average molecular weight is 556 g/mol. The summed E-state index contributed by atoms with van der Waals surface area (Å²) in [4.78, 5) is 39.3. The second-order valence-corrected chi connectivity index (χ2v) is 10.1. The molecule has 1 amide bonds. The SMILES string of the molecule is Cc1ccc(-n2nc(C(C)C)cc(C(=O)Nc3ccc(-c4nn(C5COC5)c5ncnc(N)c45)cc3F)c2=O)nc1. The molecule has 5 aromatic rings. The van der Waals surface area contributed by atoms with Crippen molar-refractivity contribution in [2.75, 3.05) is 24.3 Å². The summed E-state index contributed by atoms with van der Waals surface area (Å²) in [6.45, 7) is 6.61. The van der Waals surface area contributed by atoms with Gasteiger partial charge in [0.1, 0.15) is 35.3 Å². The van der Waals surface area contributed by atoms with Crippen molar-refractivity contribution < 1.29 is 13.9 Å². The molecular formula is C28H26FN9O3. The molecule has 1 saturated heterocycles. The summed E-state index contributed by atoms with van der Waals surface area (Å²) < 4.78 is 23.5. The topological polar surface area (TPSA) is 156 Å². The summed E-state index contributed by atoms with van der Waals surface area (Å²) in [7, 11) is 0. The highest BCUT2D eigenvalue weighted by molar-refractivity contribution is 6.04. The molecular weight excluding hydrogens is 529 g/mol. The fourth-order valence-corrected chi connectivity index (χ4v) is 4.47. The van der Waals surface area contributed by atoms with Crippen molar-refractivity contribution in [2.24, 2.45) is 0 Å². The van der Waals surface area contributed by atoms with Gasteiger partial charge in [-0.05, 0) is 42.7 Å². The van der Waals surface area contributed by atoms with E-state index in [1.165, 1.54) is 24.5 Å². The van der Waals surface area contributed by atoms with Crippen molar-refractivity contribution in [3.63, 3.8) is 0 Å². The van der Waals surface area contributed by atoms with Crippen molar-refractivity contribution in [1.29, 1.82) is 0 Å². The minimum Gasteiger partial charge on any atom is -0.383 e. The van der Waals surface area contributed by atoms with Gasteiger partial charge in [0.25, 0.3) is 11.5 Å². The highest BCUT2D eigenvalue weighted by Crippen LogP contribution is 2.34. The van der Waals surface area contributed by atoms with Crippen LogP contribution in [-0.4, -0.2) is 53.6 Å². The molecule has 0 saturated carbocycles. The van der Waals surface area contributed by atoms with Crippen molar-refractivity contribution >= 4 is 28.4 Å². The number of nitrogen functional groups attached to an aromatic ring is 1. The number of carbonyl (C=O) groups excluding carboxylic acids is 1. The molecule has 6 rings (SSSR count). The lowest BCUT2D eigenvalue weighted by molar-refractivity contribution is -0.0268. The van der Waals surface area contributed by atoms with Crippen LogP contribution in [0.1, 0.15) is 47.4 Å². The van der Waals surface area contributed by atoms with Crippen LogP contribution >= 0.6 is 0 Å². The summed E-state index contributed by atoms with van der Waals surface area (Å²) in [5.74, 6) is -1.10. The maximum Gasteiger partial charge on any atom is 0.285 e. The molecule has 4 aromatic heterocycles. The molecule has 41 heavy (non-hydrogen) atoms. The van der Waals surface area contributed by atoms with Crippen molar-refractivity contribution in [2.45, 2.75) is 32.7 Å². The average Bonchev–Trinajstić information content (AvgIpc) is 3.29. The maximum absolute atomic E-state index is 15.4. The highest BCUT2D eigenvalue weighted by Gasteiger charge is 2.27. The molecule has 0 spiro atoms. The van der Waals surface area contributed by atoms with Gasteiger partial charge in [0.05, 0.1) is 30.0 Å².